The number of carbonyl (C=O) groups excluding carboxylic acids is 1. The minimum Gasteiger partial charge on any atom is -0.399 e. The molecule has 2 rings (SSSR count). The fourth-order valence-electron chi connectivity index (χ4n) is 1.74. The van der Waals surface area contributed by atoms with Gasteiger partial charge >= 0.3 is 0 Å². The Morgan fingerprint density at radius 1 is 1.15 bits per heavy atom. The van der Waals surface area contributed by atoms with Crippen molar-refractivity contribution in [1.29, 1.82) is 0 Å². The van der Waals surface area contributed by atoms with Crippen molar-refractivity contribution in [3.8, 4) is 0 Å². The predicted molar refractivity (Wildman–Crippen MR) is 80.2 cm³/mol. The number of amides is 1. The lowest BCUT2D eigenvalue weighted by molar-refractivity contribution is 0.102. The van der Waals surface area contributed by atoms with Gasteiger partial charge in [-0.3, -0.25) is 4.79 Å². The van der Waals surface area contributed by atoms with Crippen molar-refractivity contribution in [2.75, 3.05) is 12.4 Å². The molecule has 0 saturated heterocycles. The summed E-state index contributed by atoms with van der Waals surface area (Å²) in [6.07, 6.45) is 1.59. The van der Waals surface area contributed by atoms with Gasteiger partial charge < -0.3 is 10.2 Å². The Hall–Kier alpha value is -2.62. The summed E-state index contributed by atoms with van der Waals surface area (Å²) in [4.78, 5) is 16.7. The summed E-state index contributed by atoms with van der Waals surface area (Å²) in [6, 6.07) is 14.8. The molecule has 0 spiro atoms. The van der Waals surface area contributed by atoms with Crippen LogP contribution >= 0.6 is 0 Å². The highest BCUT2D eigenvalue weighted by molar-refractivity contribution is 6.04. The predicted octanol–water partition coefficient (Wildman–Crippen LogP) is 3.23. The molecule has 0 fully saturated rings. The van der Waals surface area contributed by atoms with Gasteiger partial charge in [0.2, 0.25) is 0 Å². The van der Waals surface area contributed by atoms with Gasteiger partial charge in [0, 0.05) is 11.3 Å². The van der Waals surface area contributed by atoms with E-state index in [4.69, 9.17) is 0 Å². The number of nitrogens with one attached hydrogen (secondary N) is 1. The molecule has 1 N–H and O–H groups in total. The van der Waals surface area contributed by atoms with Gasteiger partial charge in [-0.1, -0.05) is 35.5 Å². The number of aryl methyl sites for hydroxylation is 1. The van der Waals surface area contributed by atoms with Crippen LogP contribution in [0.2, 0.25) is 0 Å². The van der Waals surface area contributed by atoms with Gasteiger partial charge in [-0.05, 0) is 36.2 Å². The summed E-state index contributed by atoms with van der Waals surface area (Å²) in [6.45, 7) is 1.96. The zero-order chi connectivity index (χ0) is 14.4. The Bertz CT molecular complexity index is 619. The van der Waals surface area contributed by atoms with E-state index in [1.807, 2.05) is 43.3 Å². The maximum absolute atomic E-state index is 12.1. The Labute approximate surface area is 118 Å². The molecule has 0 saturated carbocycles. The van der Waals surface area contributed by atoms with Gasteiger partial charge in [0.1, 0.15) is 7.11 Å². The first-order valence-corrected chi connectivity index (χ1v) is 6.24. The Morgan fingerprint density at radius 2 is 1.85 bits per heavy atom. The molecule has 0 heterocycles. The highest BCUT2D eigenvalue weighted by Gasteiger charge is 2.06. The van der Waals surface area contributed by atoms with Gasteiger partial charge in [0.25, 0.3) is 5.91 Å². The molecule has 4 heteroatoms. The van der Waals surface area contributed by atoms with Crippen LogP contribution in [0.3, 0.4) is 0 Å². The number of hydrogen-bond acceptors (Lipinski definition) is 3. The van der Waals surface area contributed by atoms with Gasteiger partial charge in [-0.25, -0.2) is 0 Å². The van der Waals surface area contributed by atoms with Crippen molar-refractivity contribution in [2.24, 2.45) is 5.16 Å². The standard InChI is InChI=1S/C16H16N2O2/c1-12-5-3-4-6-15(12)18-16(19)14-9-7-13(8-10-14)11-17-20-2/h3-11H,1-2H3,(H,18,19)/b17-11+. The SMILES string of the molecule is CO/N=C/c1ccc(C(=O)Nc2ccccc2C)cc1. The van der Waals surface area contributed by atoms with E-state index < -0.39 is 0 Å². The highest BCUT2D eigenvalue weighted by Crippen LogP contribution is 2.14. The van der Waals surface area contributed by atoms with Crippen molar-refractivity contribution in [1.82, 2.24) is 0 Å². The minimum atomic E-state index is -0.130. The minimum absolute atomic E-state index is 0.130. The molecule has 0 aliphatic heterocycles. The van der Waals surface area contributed by atoms with Gasteiger partial charge in [-0.2, -0.15) is 0 Å². The van der Waals surface area contributed by atoms with E-state index in [2.05, 4.69) is 15.3 Å². The van der Waals surface area contributed by atoms with Crippen molar-refractivity contribution >= 4 is 17.8 Å². The molecule has 2 aromatic carbocycles. The van der Waals surface area contributed by atoms with Crippen LogP contribution in [0.4, 0.5) is 5.69 Å². The monoisotopic (exact) mass is 268 g/mol. The van der Waals surface area contributed by atoms with E-state index in [1.54, 1.807) is 18.3 Å². The third-order valence-electron chi connectivity index (χ3n) is 2.87. The van der Waals surface area contributed by atoms with E-state index >= 15 is 0 Å². The van der Waals surface area contributed by atoms with E-state index in [0.29, 0.717) is 5.56 Å². The topological polar surface area (TPSA) is 50.7 Å². The third-order valence-corrected chi connectivity index (χ3v) is 2.87. The number of rotatable bonds is 4. The molecule has 4 nitrogen and oxygen atoms in total. The second-order valence-corrected chi connectivity index (χ2v) is 4.31. The smallest absolute Gasteiger partial charge is 0.255 e. The second-order valence-electron chi connectivity index (χ2n) is 4.31. The maximum Gasteiger partial charge on any atom is 0.255 e. The van der Waals surface area contributed by atoms with Crippen LogP contribution in [-0.2, 0) is 4.84 Å². The van der Waals surface area contributed by atoms with Crippen LogP contribution < -0.4 is 5.32 Å². The molecule has 0 aliphatic carbocycles. The van der Waals surface area contributed by atoms with E-state index in [-0.39, 0.29) is 5.91 Å². The lowest BCUT2D eigenvalue weighted by atomic mass is 10.1. The molecule has 2 aromatic rings. The van der Waals surface area contributed by atoms with Crippen molar-refractivity contribution < 1.29 is 9.63 Å². The van der Waals surface area contributed by atoms with Crippen LogP contribution in [0.1, 0.15) is 21.5 Å². The molecule has 0 radical (unpaired) electrons. The molecule has 0 aromatic heterocycles. The number of para-hydroxylation sites is 1. The highest BCUT2D eigenvalue weighted by atomic mass is 16.6. The third kappa shape index (κ3) is 3.45. The largest absolute Gasteiger partial charge is 0.399 e. The van der Waals surface area contributed by atoms with E-state index in [0.717, 1.165) is 16.8 Å². The Morgan fingerprint density at radius 3 is 2.50 bits per heavy atom. The molecule has 102 valence electrons. The summed E-state index contributed by atoms with van der Waals surface area (Å²) >= 11 is 0. The quantitative estimate of drug-likeness (QED) is 0.683. The first-order chi connectivity index (χ1) is 9.70. The summed E-state index contributed by atoms with van der Waals surface area (Å²) in [5.41, 5.74) is 3.33. The van der Waals surface area contributed by atoms with Crippen LogP contribution in [0.5, 0.6) is 0 Å². The van der Waals surface area contributed by atoms with Crippen molar-refractivity contribution in [2.45, 2.75) is 6.92 Å². The molecular weight excluding hydrogens is 252 g/mol. The van der Waals surface area contributed by atoms with Gasteiger partial charge in [0.05, 0.1) is 6.21 Å². The van der Waals surface area contributed by atoms with Crippen LogP contribution in [0.15, 0.2) is 53.7 Å². The van der Waals surface area contributed by atoms with Crippen LogP contribution in [0, 0.1) is 6.92 Å². The fraction of sp³-hybridized carbons (Fsp3) is 0.125. The number of anilines is 1. The van der Waals surface area contributed by atoms with Crippen LogP contribution in [0.25, 0.3) is 0 Å². The lowest BCUT2D eigenvalue weighted by Crippen LogP contribution is -2.12. The number of benzene rings is 2. The average Bonchev–Trinajstić information content (AvgIpc) is 2.48. The average molecular weight is 268 g/mol. The Balaban J connectivity index is 2.10. The van der Waals surface area contributed by atoms with Gasteiger partial charge in [0.15, 0.2) is 0 Å². The van der Waals surface area contributed by atoms with Crippen LogP contribution in [-0.4, -0.2) is 19.2 Å². The summed E-state index contributed by atoms with van der Waals surface area (Å²) < 4.78 is 0. The zero-order valence-electron chi connectivity index (χ0n) is 11.5. The van der Waals surface area contributed by atoms with Gasteiger partial charge in [-0.15, -0.1) is 0 Å². The summed E-state index contributed by atoms with van der Waals surface area (Å²) in [5.74, 6) is -0.130. The molecular formula is C16H16N2O2. The van der Waals surface area contributed by atoms with Crippen molar-refractivity contribution in [3.05, 3.63) is 65.2 Å². The maximum atomic E-state index is 12.1. The fourth-order valence-corrected chi connectivity index (χ4v) is 1.74. The zero-order valence-corrected chi connectivity index (χ0v) is 11.5. The second kappa shape index (κ2) is 6.52. The lowest BCUT2D eigenvalue weighted by Gasteiger charge is -2.08. The normalized spacial score (nSPS) is 10.5. The van der Waals surface area contributed by atoms with Crippen molar-refractivity contribution in [3.63, 3.8) is 0 Å². The summed E-state index contributed by atoms with van der Waals surface area (Å²) in [5, 5.41) is 6.56. The van der Waals surface area contributed by atoms with E-state index in [9.17, 15) is 4.79 Å². The molecule has 0 bridgehead atoms. The Kier molecular flexibility index (Phi) is 4.50. The van der Waals surface area contributed by atoms with E-state index in [1.165, 1.54) is 7.11 Å². The number of nitrogens with zero attached hydrogens (tertiary/aromatic N) is 1. The number of oxime groups is 1. The first kappa shape index (κ1) is 13.8. The molecule has 0 unspecified atom stereocenters. The molecule has 0 atom stereocenters. The molecule has 20 heavy (non-hydrogen) atoms. The number of hydrogen-bond donors (Lipinski definition) is 1. The first-order valence-electron chi connectivity index (χ1n) is 6.24. The molecule has 1 amide bonds. The summed E-state index contributed by atoms with van der Waals surface area (Å²) in [7, 11) is 1.49. The number of carbonyl (C=O) groups is 1. The molecule has 0 aliphatic rings.